The Labute approximate surface area is 105 Å². The predicted octanol–water partition coefficient (Wildman–Crippen LogP) is 1.29. The molecule has 0 amide bonds. The maximum atomic E-state index is 5.76. The lowest BCUT2D eigenvalue weighted by Gasteiger charge is -2.23. The zero-order valence-corrected chi connectivity index (χ0v) is 10.2. The highest BCUT2D eigenvalue weighted by molar-refractivity contribution is 5.64. The first-order valence-electron chi connectivity index (χ1n) is 6.27. The Morgan fingerprint density at radius 3 is 3.28 bits per heavy atom. The minimum absolute atomic E-state index is 0.261. The SMILES string of the molecule is Nc1cn2ccnc2c(NCC2CCCCO2)n1. The van der Waals surface area contributed by atoms with E-state index in [4.69, 9.17) is 10.5 Å². The molecule has 6 nitrogen and oxygen atoms in total. The summed E-state index contributed by atoms with van der Waals surface area (Å²) in [4.78, 5) is 8.55. The monoisotopic (exact) mass is 247 g/mol. The molecule has 1 aliphatic rings. The number of anilines is 2. The highest BCUT2D eigenvalue weighted by Gasteiger charge is 2.14. The molecule has 0 aromatic carbocycles. The number of hydrogen-bond acceptors (Lipinski definition) is 5. The van der Waals surface area contributed by atoms with Crippen molar-refractivity contribution < 1.29 is 4.74 Å². The van der Waals surface area contributed by atoms with Gasteiger partial charge in [0.25, 0.3) is 0 Å². The van der Waals surface area contributed by atoms with E-state index < -0.39 is 0 Å². The number of nitrogen functional groups attached to an aromatic ring is 1. The topological polar surface area (TPSA) is 77.5 Å². The molecule has 1 fully saturated rings. The minimum Gasteiger partial charge on any atom is -0.382 e. The predicted molar refractivity (Wildman–Crippen MR) is 69.5 cm³/mol. The molecule has 1 aliphatic heterocycles. The fourth-order valence-corrected chi connectivity index (χ4v) is 2.25. The fraction of sp³-hybridized carbons (Fsp3) is 0.500. The first kappa shape index (κ1) is 11.3. The Bertz CT molecular complexity index is 532. The van der Waals surface area contributed by atoms with Crippen molar-refractivity contribution in [2.24, 2.45) is 0 Å². The third-order valence-electron chi connectivity index (χ3n) is 3.16. The van der Waals surface area contributed by atoms with Crippen molar-refractivity contribution in [3.05, 3.63) is 18.6 Å². The smallest absolute Gasteiger partial charge is 0.180 e. The second-order valence-corrected chi connectivity index (χ2v) is 4.54. The largest absolute Gasteiger partial charge is 0.382 e. The van der Waals surface area contributed by atoms with Crippen LogP contribution in [0.15, 0.2) is 18.6 Å². The first-order chi connectivity index (χ1) is 8.83. The maximum Gasteiger partial charge on any atom is 0.180 e. The summed E-state index contributed by atoms with van der Waals surface area (Å²) in [5.41, 5.74) is 6.55. The van der Waals surface area contributed by atoms with Crippen LogP contribution in [0.4, 0.5) is 11.6 Å². The number of rotatable bonds is 3. The van der Waals surface area contributed by atoms with E-state index in [9.17, 15) is 0 Å². The second kappa shape index (κ2) is 4.81. The van der Waals surface area contributed by atoms with E-state index in [2.05, 4.69) is 15.3 Å². The molecule has 1 saturated heterocycles. The Morgan fingerprint density at radius 2 is 2.44 bits per heavy atom. The van der Waals surface area contributed by atoms with Gasteiger partial charge >= 0.3 is 0 Å². The number of aromatic nitrogens is 3. The molecule has 0 aliphatic carbocycles. The summed E-state index contributed by atoms with van der Waals surface area (Å²) in [6, 6.07) is 0. The first-order valence-corrected chi connectivity index (χ1v) is 6.27. The van der Waals surface area contributed by atoms with E-state index in [0.717, 1.165) is 31.6 Å². The summed E-state index contributed by atoms with van der Waals surface area (Å²) in [6.45, 7) is 1.61. The molecule has 3 heterocycles. The van der Waals surface area contributed by atoms with Crippen molar-refractivity contribution >= 4 is 17.3 Å². The third kappa shape index (κ3) is 2.24. The number of nitrogens with zero attached hydrogens (tertiary/aromatic N) is 3. The lowest BCUT2D eigenvalue weighted by molar-refractivity contribution is 0.0247. The molecule has 0 spiro atoms. The molecular weight excluding hydrogens is 230 g/mol. The molecule has 3 rings (SSSR count). The lowest BCUT2D eigenvalue weighted by Crippen LogP contribution is -2.27. The highest BCUT2D eigenvalue weighted by Crippen LogP contribution is 2.17. The van der Waals surface area contributed by atoms with Crippen molar-refractivity contribution in [2.45, 2.75) is 25.4 Å². The van der Waals surface area contributed by atoms with Gasteiger partial charge < -0.3 is 20.2 Å². The summed E-state index contributed by atoms with van der Waals surface area (Å²) >= 11 is 0. The van der Waals surface area contributed by atoms with Gasteiger partial charge in [0.1, 0.15) is 5.82 Å². The standard InChI is InChI=1S/C12H17N5O/c13-10-8-17-5-4-14-12(17)11(16-10)15-7-9-3-1-2-6-18-9/h4-5,8-9H,1-3,6-7,13H2,(H,15,16). The van der Waals surface area contributed by atoms with Gasteiger partial charge in [0.05, 0.1) is 12.3 Å². The highest BCUT2D eigenvalue weighted by atomic mass is 16.5. The molecule has 0 bridgehead atoms. The molecule has 18 heavy (non-hydrogen) atoms. The van der Waals surface area contributed by atoms with Crippen LogP contribution in [-0.2, 0) is 4.74 Å². The molecule has 1 unspecified atom stereocenters. The van der Waals surface area contributed by atoms with Gasteiger partial charge in [0.2, 0.25) is 0 Å². The van der Waals surface area contributed by atoms with Crippen LogP contribution in [0.2, 0.25) is 0 Å². The van der Waals surface area contributed by atoms with Crippen LogP contribution in [0, 0.1) is 0 Å². The number of ether oxygens (including phenoxy) is 1. The second-order valence-electron chi connectivity index (χ2n) is 4.54. The Kier molecular flexibility index (Phi) is 3.02. The molecular formula is C12H17N5O. The van der Waals surface area contributed by atoms with E-state index >= 15 is 0 Å². The van der Waals surface area contributed by atoms with Crippen molar-refractivity contribution in [2.75, 3.05) is 24.2 Å². The Morgan fingerprint density at radius 1 is 1.50 bits per heavy atom. The van der Waals surface area contributed by atoms with Gasteiger partial charge in [0, 0.05) is 25.5 Å². The molecule has 2 aromatic heterocycles. The van der Waals surface area contributed by atoms with Crippen molar-refractivity contribution in [3.8, 4) is 0 Å². The molecule has 96 valence electrons. The van der Waals surface area contributed by atoms with Gasteiger partial charge in [-0.05, 0) is 19.3 Å². The molecule has 2 aromatic rings. The van der Waals surface area contributed by atoms with Crippen LogP contribution in [0.25, 0.3) is 5.65 Å². The van der Waals surface area contributed by atoms with Gasteiger partial charge in [-0.15, -0.1) is 0 Å². The van der Waals surface area contributed by atoms with Crippen molar-refractivity contribution in [1.82, 2.24) is 14.4 Å². The normalized spacial score (nSPS) is 20.1. The van der Waals surface area contributed by atoms with E-state index in [1.54, 1.807) is 12.4 Å². The van der Waals surface area contributed by atoms with Gasteiger partial charge in [-0.3, -0.25) is 0 Å². The van der Waals surface area contributed by atoms with Gasteiger partial charge in [-0.2, -0.15) is 0 Å². The van der Waals surface area contributed by atoms with Gasteiger partial charge in [-0.1, -0.05) is 0 Å². The number of nitrogens with two attached hydrogens (primary N) is 1. The Hall–Kier alpha value is -1.82. The van der Waals surface area contributed by atoms with E-state index in [1.165, 1.54) is 6.42 Å². The van der Waals surface area contributed by atoms with Crippen LogP contribution >= 0.6 is 0 Å². The minimum atomic E-state index is 0.261. The van der Waals surface area contributed by atoms with Crippen LogP contribution in [-0.4, -0.2) is 33.6 Å². The van der Waals surface area contributed by atoms with Gasteiger partial charge in [0.15, 0.2) is 11.5 Å². The number of nitrogens with one attached hydrogen (secondary N) is 1. The molecule has 6 heteroatoms. The zero-order chi connectivity index (χ0) is 12.4. The number of fused-ring (bicyclic) bond motifs is 1. The van der Waals surface area contributed by atoms with Crippen LogP contribution in [0.3, 0.4) is 0 Å². The van der Waals surface area contributed by atoms with Crippen LogP contribution in [0.5, 0.6) is 0 Å². The van der Waals surface area contributed by atoms with Crippen LogP contribution < -0.4 is 11.1 Å². The van der Waals surface area contributed by atoms with Crippen LogP contribution in [0.1, 0.15) is 19.3 Å². The zero-order valence-electron chi connectivity index (χ0n) is 10.2. The van der Waals surface area contributed by atoms with Crippen molar-refractivity contribution in [3.63, 3.8) is 0 Å². The quantitative estimate of drug-likeness (QED) is 0.854. The van der Waals surface area contributed by atoms with Crippen molar-refractivity contribution in [1.29, 1.82) is 0 Å². The fourth-order valence-electron chi connectivity index (χ4n) is 2.25. The molecule has 1 atom stereocenters. The molecule has 0 saturated carbocycles. The maximum absolute atomic E-state index is 5.76. The van der Waals surface area contributed by atoms with E-state index in [-0.39, 0.29) is 6.10 Å². The average Bonchev–Trinajstić information content (AvgIpc) is 2.85. The molecule has 0 radical (unpaired) electrons. The lowest BCUT2D eigenvalue weighted by atomic mass is 10.1. The Balaban J connectivity index is 1.75. The van der Waals surface area contributed by atoms with Gasteiger partial charge in [-0.25, -0.2) is 9.97 Å². The summed E-state index contributed by atoms with van der Waals surface area (Å²) in [6.07, 6.45) is 9.10. The number of imidazole rings is 1. The average molecular weight is 247 g/mol. The summed E-state index contributed by atoms with van der Waals surface area (Å²) in [5.74, 6) is 1.20. The van der Waals surface area contributed by atoms with E-state index in [0.29, 0.717) is 11.6 Å². The summed E-state index contributed by atoms with van der Waals surface area (Å²) < 4.78 is 7.54. The summed E-state index contributed by atoms with van der Waals surface area (Å²) in [7, 11) is 0. The number of hydrogen-bond donors (Lipinski definition) is 2. The van der Waals surface area contributed by atoms with E-state index in [1.807, 2.05) is 10.6 Å². The molecule has 3 N–H and O–H groups in total. The summed E-state index contributed by atoms with van der Waals surface area (Å²) in [5, 5.41) is 3.28. The third-order valence-corrected chi connectivity index (χ3v) is 3.16.